The van der Waals surface area contributed by atoms with Gasteiger partial charge in [-0.3, -0.25) is 9.69 Å². The first-order valence-electron chi connectivity index (χ1n) is 13.6. The summed E-state index contributed by atoms with van der Waals surface area (Å²) in [5.74, 6) is 0.800. The zero-order valence-electron chi connectivity index (χ0n) is 21.5. The molecule has 0 bridgehead atoms. The number of halogens is 1. The number of aliphatic hydroxyl groups is 1. The van der Waals surface area contributed by atoms with E-state index in [-0.39, 0.29) is 29.5 Å². The van der Waals surface area contributed by atoms with Crippen LogP contribution in [-0.2, 0) is 23.3 Å². The molecule has 1 atom stereocenters. The van der Waals surface area contributed by atoms with Crippen LogP contribution in [0.25, 0.3) is 10.9 Å². The Hall–Kier alpha value is -2.74. The van der Waals surface area contributed by atoms with Crippen molar-refractivity contribution < 1.29 is 19.0 Å². The molecule has 7 heteroatoms. The molecule has 1 unspecified atom stereocenters. The van der Waals surface area contributed by atoms with Gasteiger partial charge in [-0.05, 0) is 62.5 Å². The van der Waals surface area contributed by atoms with Gasteiger partial charge >= 0.3 is 0 Å². The molecule has 1 spiro atoms. The molecular formula is C30H36FN3O3. The molecule has 1 aliphatic carbocycles. The second-order valence-electron chi connectivity index (χ2n) is 11.0. The Morgan fingerprint density at radius 1 is 1.19 bits per heavy atom. The molecular weight excluding hydrogens is 469 g/mol. The van der Waals surface area contributed by atoms with Crippen LogP contribution in [0.1, 0.15) is 55.0 Å². The number of nitrogens with one attached hydrogen (secondary N) is 1. The number of Topliss-reactive ketones (excluding diaryl/α,β-unsaturated/α-hetero) is 1. The van der Waals surface area contributed by atoms with Crippen LogP contribution in [0.4, 0.5) is 4.39 Å². The maximum atomic E-state index is 14.9. The largest absolute Gasteiger partial charge is 0.497 e. The molecule has 3 heterocycles. The monoisotopic (exact) mass is 505 g/mol. The number of benzene rings is 2. The summed E-state index contributed by atoms with van der Waals surface area (Å²) in [7, 11) is 1.66. The first kappa shape index (κ1) is 24.6. The number of ketones is 1. The van der Waals surface area contributed by atoms with Crippen molar-refractivity contribution in [2.24, 2.45) is 5.92 Å². The van der Waals surface area contributed by atoms with Crippen molar-refractivity contribution in [3.8, 4) is 5.75 Å². The van der Waals surface area contributed by atoms with Gasteiger partial charge in [0.05, 0.1) is 19.2 Å². The predicted octanol–water partition coefficient (Wildman–Crippen LogP) is 4.33. The van der Waals surface area contributed by atoms with E-state index in [9.17, 15) is 14.3 Å². The molecule has 0 radical (unpaired) electrons. The standard InChI is InChI=1S/C30H36FN3O3/c1-37-22-9-10-23-25(17-22)34(15-16-35)27-26(23)30(11-13-32-14-12-30)19-33(18-21-5-2-3-8-24(21)31)28(27)29(36)20-6-4-7-20/h2-3,5,8-10,17,20,28,32,35H,4,6-7,11-16,18-19H2,1H3. The van der Waals surface area contributed by atoms with E-state index in [1.54, 1.807) is 13.2 Å². The van der Waals surface area contributed by atoms with Crippen molar-refractivity contribution in [3.05, 3.63) is 65.1 Å². The summed E-state index contributed by atoms with van der Waals surface area (Å²) in [6, 6.07) is 12.6. The minimum absolute atomic E-state index is 0.0281. The second kappa shape index (κ2) is 9.86. The van der Waals surface area contributed by atoms with Gasteiger partial charge in [0.1, 0.15) is 17.6 Å². The number of carbonyl (C=O) groups is 1. The van der Waals surface area contributed by atoms with Crippen LogP contribution < -0.4 is 10.1 Å². The lowest BCUT2D eigenvalue weighted by Crippen LogP contribution is -2.54. The molecule has 2 N–H and O–H groups in total. The fourth-order valence-electron chi connectivity index (χ4n) is 6.93. The molecule has 2 aliphatic heterocycles. The fourth-order valence-corrected chi connectivity index (χ4v) is 6.93. The van der Waals surface area contributed by atoms with Crippen LogP contribution in [0, 0.1) is 11.7 Å². The number of ether oxygens (including phenoxy) is 1. The van der Waals surface area contributed by atoms with Crippen molar-refractivity contribution in [2.75, 3.05) is 33.4 Å². The van der Waals surface area contributed by atoms with Gasteiger partial charge in [-0.1, -0.05) is 24.6 Å². The number of rotatable bonds is 7. The van der Waals surface area contributed by atoms with Gasteiger partial charge in [-0.15, -0.1) is 0 Å². The maximum absolute atomic E-state index is 14.9. The van der Waals surface area contributed by atoms with E-state index < -0.39 is 6.04 Å². The van der Waals surface area contributed by atoms with Crippen molar-refractivity contribution in [3.63, 3.8) is 0 Å². The lowest BCUT2D eigenvalue weighted by molar-refractivity contribution is -0.132. The van der Waals surface area contributed by atoms with Crippen molar-refractivity contribution in [2.45, 2.75) is 56.7 Å². The topological polar surface area (TPSA) is 66.7 Å². The molecule has 0 amide bonds. The lowest BCUT2D eigenvalue weighted by Gasteiger charge is -2.50. The van der Waals surface area contributed by atoms with Crippen LogP contribution >= 0.6 is 0 Å². The van der Waals surface area contributed by atoms with E-state index in [4.69, 9.17) is 4.74 Å². The summed E-state index contributed by atoms with van der Waals surface area (Å²) in [4.78, 5) is 16.5. The van der Waals surface area contributed by atoms with Crippen LogP contribution in [0.2, 0.25) is 0 Å². The van der Waals surface area contributed by atoms with Crippen molar-refractivity contribution >= 4 is 16.7 Å². The normalized spacial score (nSPS) is 21.6. The Kier molecular flexibility index (Phi) is 6.55. The third-order valence-electron chi connectivity index (χ3n) is 8.96. The summed E-state index contributed by atoms with van der Waals surface area (Å²) >= 11 is 0. The molecule has 6 nitrogen and oxygen atoms in total. The highest BCUT2D eigenvalue weighted by Crippen LogP contribution is 2.51. The first-order chi connectivity index (χ1) is 18.1. The average molecular weight is 506 g/mol. The second-order valence-corrected chi connectivity index (χ2v) is 11.0. The molecule has 3 aromatic rings. The minimum atomic E-state index is -0.467. The summed E-state index contributed by atoms with van der Waals surface area (Å²) in [5.41, 5.74) is 3.71. The fraction of sp³-hybridized carbons (Fsp3) is 0.500. The summed E-state index contributed by atoms with van der Waals surface area (Å²) in [6.45, 7) is 3.26. The van der Waals surface area contributed by atoms with Gasteiger partial charge in [0.25, 0.3) is 0 Å². The first-order valence-corrected chi connectivity index (χ1v) is 13.6. The van der Waals surface area contributed by atoms with Crippen molar-refractivity contribution in [1.29, 1.82) is 0 Å². The molecule has 1 saturated heterocycles. The third-order valence-corrected chi connectivity index (χ3v) is 8.96. The number of hydrogen-bond donors (Lipinski definition) is 2. The highest BCUT2D eigenvalue weighted by molar-refractivity contribution is 5.94. The predicted molar refractivity (Wildman–Crippen MR) is 141 cm³/mol. The number of carbonyl (C=O) groups excluding carboxylic acids is 1. The van der Waals surface area contributed by atoms with Crippen molar-refractivity contribution in [1.82, 2.24) is 14.8 Å². The van der Waals surface area contributed by atoms with E-state index in [1.807, 2.05) is 24.3 Å². The Bertz CT molecular complexity index is 1310. The van der Waals surface area contributed by atoms with E-state index >= 15 is 0 Å². The average Bonchev–Trinajstić information content (AvgIpc) is 3.19. The summed E-state index contributed by atoms with van der Waals surface area (Å²) in [6.07, 6.45) is 4.81. The number of methoxy groups -OCH3 is 1. The van der Waals surface area contributed by atoms with Gasteiger partial charge in [0.15, 0.2) is 5.78 Å². The van der Waals surface area contributed by atoms with E-state index in [1.165, 1.54) is 11.6 Å². The van der Waals surface area contributed by atoms with E-state index in [0.29, 0.717) is 25.2 Å². The molecule has 1 saturated carbocycles. The number of hydrogen-bond acceptors (Lipinski definition) is 5. The van der Waals surface area contributed by atoms with Gasteiger partial charge in [0, 0.05) is 53.7 Å². The zero-order valence-corrected chi connectivity index (χ0v) is 21.5. The quantitative estimate of drug-likeness (QED) is 0.501. The number of piperidine rings is 1. The molecule has 1 aromatic heterocycles. The zero-order chi connectivity index (χ0) is 25.6. The van der Waals surface area contributed by atoms with E-state index in [0.717, 1.165) is 67.5 Å². The van der Waals surface area contributed by atoms with Gasteiger partial charge in [-0.25, -0.2) is 4.39 Å². The van der Waals surface area contributed by atoms with Crippen LogP contribution in [0.15, 0.2) is 42.5 Å². The number of aliphatic hydroxyl groups excluding tert-OH is 1. The summed E-state index contributed by atoms with van der Waals surface area (Å²) in [5, 5.41) is 14.8. The third kappa shape index (κ3) is 4.08. The van der Waals surface area contributed by atoms with Crippen LogP contribution in [0.5, 0.6) is 5.75 Å². The Morgan fingerprint density at radius 3 is 2.65 bits per heavy atom. The molecule has 196 valence electrons. The molecule has 37 heavy (non-hydrogen) atoms. The molecule has 2 aromatic carbocycles. The van der Waals surface area contributed by atoms with Gasteiger partial charge in [-0.2, -0.15) is 0 Å². The van der Waals surface area contributed by atoms with Crippen LogP contribution in [-0.4, -0.2) is 53.7 Å². The Morgan fingerprint density at radius 2 is 1.97 bits per heavy atom. The Balaban J connectivity index is 1.60. The van der Waals surface area contributed by atoms with E-state index in [2.05, 4.69) is 20.9 Å². The Labute approximate surface area is 217 Å². The SMILES string of the molecule is COc1ccc2c3c(n(CCO)c2c1)C(C(=O)C1CCC1)N(Cc1ccccc1F)CC31CCNCC1. The molecule has 2 fully saturated rings. The number of fused-ring (bicyclic) bond motifs is 4. The van der Waals surface area contributed by atoms with Crippen LogP contribution in [0.3, 0.4) is 0 Å². The number of nitrogens with zero attached hydrogens (tertiary/aromatic N) is 2. The van der Waals surface area contributed by atoms with Gasteiger partial charge in [0.2, 0.25) is 0 Å². The minimum Gasteiger partial charge on any atom is -0.497 e. The summed E-state index contributed by atoms with van der Waals surface area (Å²) < 4.78 is 22.6. The molecule has 3 aliphatic rings. The smallest absolute Gasteiger partial charge is 0.159 e. The number of aromatic nitrogens is 1. The highest BCUT2D eigenvalue weighted by atomic mass is 19.1. The van der Waals surface area contributed by atoms with Gasteiger partial charge < -0.3 is 19.7 Å². The lowest BCUT2D eigenvalue weighted by atomic mass is 9.66. The highest BCUT2D eigenvalue weighted by Gasteiger charge is 2.50. The molecule has 6 rings (SSSR count). The maximum Gasteiger partial charge on any atom is 0.159 e.